The van der Waals surface area contributed by atoms with Crippen LogP contribution < -0.4 is 5.32 Å². The van der Waals surface area contributed by atoms with Crippen molar-refractivity contribution in [1.82, 2.24) is 15.1 Å². The van der Waals surface area contributed by atoms with Gasteiger partial charge in [-0.15, -0.1) is 11.3 Å². The van der Waals surface area contributed by atoms with Crippen molar-refractivity contribution in [3.05, 3.63) is 22.4 Å². The average Bonchev–Trinajstić information content (AvgIpc) is 3.31. The molecule has 1 aliphatic heterocycles. The third-order valence-electron chi connectivity index (χ3n) is 5.59. The van der Waals surface area contributed by atoms with Gasteiger partial charge in [-0.3, -0.25) is 24.1 Å². The van der Waals surface area contributed by atoms with Gasteiger partial charge in [0.05, 0.1) is 24.9 Å². The van der Waals surface area contributed by atoms with E-state index in [2.05, 4.69) is 5.32 Å². The van der Waals surface area contributed by atoms with E-state index in [1.54, 1.807) is 11.3 Å². The zero-order chi connectivity index (χ0) is 20.1. The molecule has 0 radical (unpaired) electrons. The normalized spacial score (nSPS) is 21.5. The van der Waals surface area contributed by atoms with Crippen LogP contribution in [0.4, 0.5) is 0 Å². The minimum atomic E-state index is -0.219. The summed E-state index contributed by atoms with van der Waals surface area (Å²) in [6.45, 7) is 2.75. The molecule has 1 aromatic heterocycles. The number of hydrogen-bond acceptors (Lipinski definition) is 5. The van der Waals surface area contributed by atoms with Crippen molar-refractivity contribution in [2.45, 2.75) is 45.6 Å². The van der Waals surface area contributed by atoms with E-state index in [4.69, 9.17) is 0 Å². The maximum absolute atomic E-state index is 12.5. The fraction of sp³-hybridized carbons (Fsp3) is 0.600. The second-order valence-electron chi connectivity index (χ2n) is 7.34. The average molecular weight is 406 g/mol. The van der Waals surface area contributed by atoms with Crippen LogP contribution in [0.5, 0.6) is 0 Å². The molecular formula is C20H27N3O4S. The molecule has 0 spiro atoms. The number of amides is 4. The van der Waals surface area contributed by atoms with Gasteiger partial charge in [0, 0.05) is 24.4 Å². The molecule has 2 heterocycles. The lowest BCUT2D eigenvalue weighted by atomic mass is 9.81. The highest BCUT2D eigenvalue weighted by molar-refractivity contribution is 7.09. The zero-order valence-corrected chi connectivity index (χ0v) is 17.0. The van der Waals surface area contributed by atoms with E-state index in [0.29, 0.717) is 13.1 Å². The van der Waals surface area contributed by atoms with E-state index in [-0.39, 0.29) is 55.0 Å². The molecule has 1 saturated heterocycles. The van der Waals surface area contributed by atoms with E-state index < -0.39 is 0 Å². The standard InChI is InChI=1S/C20H27N3O4S/c1-2-22(13-17(24)21-12-14-6-5-11-28-14)18(25)9-10-23-19(26)15-7-3-4-8-16(15)20(23)27/h5-6,11,15-16H,2-4,7-10,12-13H2,1H3,(H,21,24)/t15-,16+. The van der Waals surface area contributed by atoms with Gasteiger partial charge < -0.3 is 10.2 Å². The lowest BCUT2D eigenvalue weighted by molar-refractivity contribution is -0.141. The highest BCUT2D eigenvalue weighted by Gasteiger charge is 2.47. The molecule has 28 heavy (non-hydrogen) atoms. The molecular weight excluding hydrogens is 378 g/mol. The zero-order valence-electron chi connectivity index (χ0n) is 16.2. The van der Waals surface area contributed by atoms with Gasteiger partial charge in [0.2, 0.25) is 23.6 Å². The molecule has 1 aromatic rings. The van der Waals surface area contributed by atoms with Gasteiger partial charge in [-0.2, -0.15) is 0 Å². The molecule has 0 bridgehead atoms. The number of hydrogen-bond donors (Lipinski definition) is 1. The van der Waals surface area contributed by atoms with Crippen LogP contribution in [0.2, 0.25) is 0 Å². The topological polar surface area (TPSA) is 86.8 Å². The molecule has 2 aliphatic rings. The molecule has 0 aromatic carbocycles. The summed E-state index contributed by atoms with van der Waals surface area (Å²) in [6, 6.07) is 3.86. The second kappa shape index (κ2) is 9.32. The summed E-state index contributed by atoms with van der Waals surface area (Å²) in [5.41, 5.74) is 0. The number of nitrogens with zero attached hydrogens (tertiary/aromatic N) is 2. The Kier molecular flexibility index (Phi) is 6.83. The van der Waals surface area contributed by atoms with Crippen LogP contribution in [0.15, 0.2) is 17.5 Å². The summed E-state index contributed by atoms with van der Waals surface area (Å²) in [4.78, 5) is 53.4. The molecule has 1 N–H and O–H groups in total. The monoisotopic (exact) mass is 405 g/mol. The van der Waals surface area contributed by atoms with Crippen molar-refractivity contribution in [2.75, 3.05) is 19.6 Å². The van der Waals surface area contributed by atoms with Crippen LogP contribution in [0.3, 0.4) is 0 Å². The molecule has 1 saturated carbocycles. The number of fused-ring (bicyclic) bond motifs is 1. The smallest absolute Gasteiger partial charge is 0.239 e. The number of likely N-dealkylation sites (N-methyl/N-ethyl adjacent to an activating group) is 1. The number of nitrogens with one attached hydrogen (secondary N) is 1. The van der Waals surface area contributed by atoms with Gasteiger partial charge in [0.1, 0.15) is 0 Å². The van der Waals surface area contributed by atoms with Crippen LogP contribution in [-0.4, -0.2) is 53.1 Å². The van der Waals surface area contributed by atoms with E-state index in [9.17, 15) is 19.2 Å². The maximum atomic E-state index is 12.5. The number of thiophene rings is 1. The van der Waals surface area contributed by atoms with E-state index in [1.807, 2.05) is 24.4 Å². The SMILES string of the molecule is CCN(CC(=O)NCc1cccs1)C(=O)CCN1C(=O)[C@H]2CCCC[C@H]2C1=O. The summed E-state index contributed by atoms with van der Waals surface area (Å²) in [5, 5.41) is 4.75. The Morgan fingerprint density at radius 2 is 1.89 bits per heavy atom. The maximum Gasteiger partial charge on any atom is 0.239 e. The number of rotatable bonds is 8. The Morgan fingerprint density at radius 1 is 1.21 bits per heavy atom. The van der Waals surface area contributed by atoms with E-state index in [0.717, 1.165) is 30.6 Å². The summed E-state index contributed by atoms with van der Waals surface area (Å²) in [5.74, 6) is -1.08. The summed E-state index contributed by atoms with van der Waals surface area (Å²) in [6.07, 6.45) is 3.56. The molecule has 2 atom stereocenters. The lowest BCUT2D eigenvalue weighted by Crippen LogP contribution is -2.42. The fourth-order valence-corrected chi connectivity index (χ4v) is 4.67. The largest absolute Gasteiger partial charge is 0.350 e. The van der Waals surface area contributed by atoms with Crippen molar-refractivity contribution in [3.8, 4) is 0 Å². The highest BCUT2D eigenvalue weighted by Crippen LogP contribution is 2.37. The molecule has 2 fully saturated rings. The van der Waals surface area contributed by atoms with Gasteiger partial charge in [0.15, 0.2) is 0 Å². The van der Waals surface area contributed by atoms with Gasteiger partial charge in [0.25, 0.3) is 0 Å². The van der Waals surface area contributed by atoms with Gasteiger partial charge >= 0.3 is 0 Å². The first kappa shape index (κ1) is 20.5. The van der Waals surface area contributed by atoms with Crippen molar-refractivity contribution < 1.29 is 19.2 Å². The Morgan fingerprint density at radius 3 is 2.46 bits per heavy atom. The van der Waals surface area contributed by atoms with Gasteiger partial charge in [-0.25, -0.2) is 0 Å². The predicted octanol–water partition coefficient (Wildman–Crippen LogP) is 1.78. The van der Waals surface area contributed by atoms with Crippen LogP contribution in [0.25, 0.3) is 0 Å². The van der Waals surface area contributed by atoms with Crippen LogP contribution in [-0.2, 0) is 25.7 Å². The summed E-state index contributed by atoms with van der Waals surface area (Å²) in [7, 11) is 0. The number of likely N-dealkylation sites (tertiary alicyclic amines) is 1. The Balaban J connectivity index is 1.47. The molecule has 0 unspecified atom stereocenters. The summed E-state index contributed by atoms with van der Waals surface area (Å²) >= 11 is 1.56. The first-order valence-corrected chi connectivity index (χ1v) is 10.8. The van der Waals surface area contributed by atoms with Crippen LogP contribution in [0, 0.1) is 11.8 Å². The number of carbonyl (C=O) groups excluding carboxylic acids is 4. The van der Waals surface area contributed by atoms with Gasteiger partial charge in [-0.1, -0.05) is 18.9 Å². The molecule has 1 aliphatic carbocycles. The molecule has 152 valence electrons. The van der Waals surface area contributed by atoms with Crippen molar-refractivity contribution in [1.29, 1.82) is 0 Å². The molecule has 3 rings (SSSR count). The fourth-order valence-electron chi connectivity index (χ4n) is 4.02. The van der Waals surface area contributed by atoms with E-state index >= 15 is 0 Å². The van der Waals surface area contributed by atoms with Gasteiger partial charge in [-0.05, 0) is 31.2 Å². The second-order valence-corrected chi connectivity index (χ2v) is 8.37. The third-order valence-corrected chi connectivity index (χ3v) is 6.47. The lowest BCUT2D eigenvalue weighted by Gasteiger charge is -2.22. The van der Waals surface area contributed by atoms with Crippen LogP contribution in [0.1, 0.15) is 43.9 Å². The Hall–Kier alpha value is -2.22. The minimum Gasteiger partial charge on any atom is -0.350 e. The summed E-state index contributed by atoms with van der Waals surface area (Å²) < 4.78 is 0. The Labute approximate surface area is 169 Å². The third kappa shape index (κ3) is 4.60. The number of carbonyl (C=O) groups is 4. The predicted molar refractivity (Wildman–Crippen MR) is 105 cm³/mol. The number of imide groups is 1. The molecule has 8 heteroatoms. The molecule has 4 amide bonds. The Bertz CT molecular complexity index is 710. The first-order chi connectivity index (χ1) is 13.5. The van der Waals surface area contributed by atoms with Crippen molar-refractivity contribution >= 4 is 35.0 Å². The van der Waals surface area contributed by atoms with Crippen LogP contribution >= 0.6 is 11.3 Å². The van der Waals surface area contributed by atoms with Crippen molar-refractivity contribution in [2.24, 2.45) is 11.8 Å². The molecule has 7 nitrogen and oxygen atoms in total. The minimum absolute atomic E-state index is 0.0200. The highest BCUT2D eigenvalue weighted by atomic mass is 32.1. The van der Waals surface area contributed by atoms with Crippen molar-refractivity contribution in [3.63, 3.8) is 0 Å². The first-order valence-electron chi connectivity index (χ1n) is 9.93. The quantitative estimate of drug-likeness (QED) is 0.668. The van der Waals surface area contributed by atoms with E-state index in [1.165, 1.54) is 9.80 Å².